The monoisotopic (exact) mass is 440 g/mol. The van der Waals surface area contributed by atoms with E-state index in [9.17, 15) is 14.0 Å². The molecule has 0 spiro atoms. The molecule has 0 aliphatic carbocycles. The molecule has 1 fully saturated rings. The van der Waals surface area contributed by atoms with Gasteiger partial charge in [-0.05, 0) is 60.9 Å². The third-order valence-corrected chi connectivity index (χ3v) is 5.09. The van der Waals surface area contributed by atoms with E-state index >= 15 is 0 Å². The van der Waals surface area contributed by atoms with Crippen molar-refractivity contribution in [1.82, 2.24) is 15.1 Å². The minimum absolute atomic E-state index is 0.257. The molecule has 7 nitrogen and oxygen atoms in total. The lowest BCUT2D eigenvalue weighted by Gasteiger charge is -2.24. The fourth-order valence-corrected chi connectivity index (χ4v) is 3.57. The maximum atomic E-state index is 13.6. The molecule has 2 amide bonds. The van der Waals surface area contributed by atoms with Gasteiger partial charge in [-0.2, -0.15) is 0 Å². The Hall–Kier alpha value is -3.52. The average molecular weight is 441 g/mol. The van der Waals surface area contributed by atoms with Crippen LogP contribution in [0.2, 0.25) is 5.15 Å². The number of nitrogens with zero attached hydrogens (tertiary/aromatic N) is 3. The first-order valence-electron chi connectivity index (χ1n) is 9.64. The topological polar surface area (TPSA) is 84.4 Å². The largest absolute Gasteiger partial charge is 0.438 e. The molecule has 1 aromatic heterocycles. The average Bonchev–Trinajstić information content (AvgIpc) is 3.26. The zero-order chi connectivity index (χ0) is 21.8. The zero-order valence-corrected chi connectivity index (χ0v) is 17.1. The molecule has 1 aliphatic rings. The van der Waals surface area contributed by atoms with Crippen LogP contribution in [0.15, 0.2) is 60.7 Å². The van der Waals surface area contributed by atoms with Crippen LogP contribution in [0.3, 0.4) is 0 Å². The first kappa shape index (κ1) is 20.7. The summed E-state index contributed by atoms with van der Waals surface area (Å²) in [5, 5.41) is 10.3. The van der Waals surface area contributed by atoms with Gasteiger partial charge in [0, 0.05) is 18.3 Å². The third kappa shape index (κ3) is 4.97. The van der Waals surface area contributed by atoms with Gasteiger partial charge in [-0.25, -0.2) is 4.39 Å². The van der Waals surface area contributed by atoms with Crippen molar-refractivity contribution in [3.8, 4) is 11.6 Å². The van der Waals surface area contributed by atoms with Gasteiger partial charge in [0.1, 0.15) is 11.6 Å². The SMILES string of the molecule is O=C(Nc1ccc(Oc2ccc(Cl)nn2)cc1)C(=O)N1CCCC1c1cccc(F)c1. The second-order valence-electron chi connectivity index (χ2n) is 6.99. The number of carbonyl (C=O) groups excluding carboxylic acids is 2. The van der Waals surface area contributed by atoms with Crippen molar-refractivity contribution in [1.29, 1.82) is 0 Å². The predicted octanol–water partition coefficient (Wildman–Crippen LogP) is 4.36. The summed E-state index contributed by atoms with van der Waals surface area (Å²) in [6, 6.07) is 15.4. The van der Waals surface area contributed by atoms with Gasteiger partial charge in [-0.15, -0.1) is 10.2 Å². The summed E-state index contributed by atoms with van der Waals surface area (Å²) in [5.74, 6) is -1.02. The fraction of sp³-hybridized carbons (Fsp3) is 0.182. The number of hydrogen-bond donors (Lipinski definition) is 1. The van der Waals surface area contributed by atoms with Crippen LogP contribution < -0.4 is 10.1 Å². The van der Waals surface area contributed by atoms with E-state index in [2.05, 4.69) is 15.5 Å². The molecular formula is C22H18ClFN4O3. The van der Waals surface area contributed by atoms with Gasteiger partial charge < -0.3 is 15.0 Å². The van der Waals surface area contributed by atoms with Crippen molar-refractivity contribution in [3.63, 3.8) is 0 Å². The molecule has 1 N–H and O–H groups in total. The summed E-state index contributed by atoms with van der Waals surface area (Å²) in [6.45, 7) is 0.447. The molecule has 31 heavy (non-hydrogen) atoms. The Labute approximate surface area is 182 Å². The molecule has 2 aromatic carbocycles. The van der Waals surface area contributed by atoms with Crippen LogP contribution >= 0.6 is 11.6 Å². The Bertz CT molecular complexity index is 1090. The highest BCUT2D eigenvalue weighted by Crippen LogP contribution is 2.32. The molecule has 0 bridgehead atoms. The van der Waals surface area contributed by atoms with Crippen LogP contribution in [0, 0.1) is 5.82 Å². The van der Waals surface area contributed by atoms with Gasteiger partial charge in [0.25, 0.3) is 0 Å². The molecule has 4 rings (SSSR count). The van der Waals surface area contributed by atoms with Crippen LogP contribution in [0.1, 0.15) is 24.4 Å². The van der Waals surface area contributed by atoms with E-state index in [4.69, 9.17) is 16.3 Å². The highest BCUT2D eigenvalue weighted by atomic mass is 35.5. The normalized spacial score (nSPS) is 15.5. The number of anilines is 1. The smallest absolute Gasteiger partial charge is 0.313 e. The molecule has 9 heteroatoms. The van der Waals surface area contributed by atoms with Gasteiger partial charge >= 0.3 is 11.8 Å². The summed E-state index contributed by atoms with van der Waals surface area (Å²) >= 11 is 5.69. The van der Waals surface area contributed by atoms with E-state index < -0.39 is 11.8 Å². The number of likely N-dealkylation sites (tertiary alicyclic amines) is 1. The van der Waals surface area contributed by atoms with Crippen LogP contribution in [-0.2, 0) is 9.59 Å². The fourth-order valence-electron chi connectivity index (χ4n) is 3.47. The van der Waals surface area contributed by atoms with Crippen molar-refractivity contribution in [2.75, 3.05) is 11.9 Å². The lowest BCUT2D eigenvalue weighted by atomic mass is 10.0. The first-order valence-corrected chi connectivity index (χ1v) is 10.0. The van der Waals surface area contributed by atoms with E-state index in [-0.39, 0.29) is 22.9 Å². The van der Waals surface area contributed by atoms with Crippen molar-refractivity contribution in [3.05, 3.63) is 77.2 Å². The zero-order valence-electron chi connectivity index (χ0n) is 16.3. The summed E-state index contributed by atoms with van der Waals surface area (Å²) in [7, 11) is 0. The maximum absolute atomic E-state index is 13.6. The van der Waals surface area contributed by atoms with Crippen molar-refractivity contribution in [2.45, 2.75) is 18.9 Å². The number of hydrogen-bond acceptors (Lipinski definition) is 5. The summed E-state index contributed by atoms with van der Waals surface area (Å²) < 4.78 is 19.1. The Morgan fingerprint density at radius 3 is 2.61 bits per heavy atom. The number of amides is 2. The maximum Gasteiger partial charge on any atom is 0.313 e. The molecule has 1 unspecified atom stereocenters. The summed E-state index contributed by atoms with van der Waals surface area (Å²) in [5.41, 5.74) is 1.12. The number of carbonyl (C=O) groups is 2. The second kappa shape index (κ2) is 9.09. The quantitative estimate of drug-likeness (QED) is 0.609. The van der Waals surface area contributed by atoms with Crippen LogP contribution in [0.4, 0.5) is 10.1 Å². The van der Waals surface area contributed by atoms with Crippen molar-refractivity contribution < 1.29 is 18.7 Å². The minimum Gasteiger partial charge on any atom is -0.438 e. The lowest BCUT2D eigenvalue weighted by molar-refractivity contribution is -0.143. The molecule has 158 valence electrons. The second-order valence-corrected chi connectivity index (χ2v) is 7.37. The first-order chi connectivity index (χ1) is 15.0. The molecule has 0 saturated carbocycles. The number of nitrogens with one attached hydrogen (secondary N) is 1. The van der Waals surface area contributed by atoms with Crippen LogP contribution in [0.25, 0.3) is 0 Å². The summed E-state index contributed by atoms with van der Waals surface area (Å²) in [6.07, 6.45) is 1.43. The third-order valence-electron chi connectivity index (χ3n) is 4.88. The molecule has 1 aliphatic heterocycles. The summed E-state index contributed by atoms with van der Waals surface area (Å²) in [4.78, 5) is 26.7. The Kier molecular flexibility index (Phi) is 6.08. The van der Waals surface area contributed by atoms with Gasteiger partial charge in [-0.1, -0.05) is 23.7 Å². The van der Waals surface area contributed by atoms with Gasteiger partial charge in [0.15, 0.2) is 5.15 Å². The lowest BCUT2D eigenvalue weighted by Crippen LogP contribution is -2.39. The van der Waals surface area contributed by atoms with E-state index in [1.807, 2.05) is 0 Å². The molecule has 1 atom stereocenters. The number of aromatic nitrogens is 2. The van der Waals surface area contributed by atoms with Crippen LogP contribution in [-0.4, -0.2) is 33.5 Å². The molecule has 3 aromatic rings. The number of benzene rings is 2. The minimum atomic E-state index is -0.750. The van der Waals surface area contributed by atoms with Crippen molar-refractivity contribution in [2.24, 2.45) is 0 Å². The van der Waals surface area contributed by atoms with E-state index in [1.165, 1.54) is 17.0 Å². The Morgan fingerprint density at radius 2 is 1.90 bits per heavy atom. The Morgan fingerprint density at radius 1 is 1.10 bits per heavy atom. The number of ether oxygens (including phenoxy) is 1. The highest BCUT2D eigenvalue weighted by molar-refractivity contribution is 6.39. The molecule has 0 radical (unpaired) electrons. The van der Waals surface area contributed by atoms with Crippen molar-refractivity contribution >= 4 is 29.1 Å². The Balaban J connectivity index is 1.39. The number of halogens is 2. The van der Waals surface area contributed by atoms with Crippen LogP contribution in [0.5, 0.6) is 11.6 Å². The van der Waals surface area contributed by atoms with E-state index in [0.717, 1.165) is 6.42 Å². The van der Waals surface area contributed by atoms with Gasteiger partial charge in [0.05, 0.1) is 6.04 Å². The van der Waals surface area contributed by atoms with E-state index in [0.29, 0.717) is 30.0 Å². The molecular weight excluding hydrogens is 423 g/mol. The predicted molar refractivity (Wildman–Crippen MR) is 112 cm³/mol. The number of rotatable bonds is 4. The molecule has 1 saturated heterocycles. The van der Waals surface area contributed by atoms with E-state index in [1.54, 1.807) is 48.5 Å². The standard InChI is InChI=1S/C22H18ClFN4O3/c23-19-10-11-20(27-26-19)31-17-8-6-16(7-9-17)25-21(29)22(30)28-12-2-5-18(28)14-3-1-4-15(24)13-14/h1,3-4,6-11,13,18H,2,5,12H2,(H,25,29). The van der Waals surface area contributed by atoms with Gasteiger partial charge in [-0.3, -0.25) is 9.59 Å². The van der Waals surface area contributed by atoms with Gasteiger partial charge in [0.2, 0.25) is 5.88 Å². The molecule has 2 heterocycles. The highest BCUT2D eigenvalue weighted by Gasteiger charge is 2.33.